The summed E-state index contributed by atoms with van der Waals surface area (Å²) in [6, 6.07) is 9.66. The van der Waals surface area contributed by atoms with Crippen LogP contribution in [0.2, 0.25) is 0 Å². The Hall–Kier alpha value is -1.02. The van der Waals surface area contributed by atoms with Crippen molar-refractivity contribution in [2.24, 2.45) is 0 Å². The number of piperidine rings is 1. The van der Waals surface area contributed by atoms with Gasteiger partial charge in [-0.3, -0.25) is 0 Å². The molecule has 0 radical (unpaired) electrons. The first-order valence-electron chi connectivity index (χ1n) is 7.89. The van der Waals surface area contributed by atoms with E-state index in [9.17, 15) is 0 Å². The highest BCUT2D eigenvalue weighted by Gasteiger charge is 2.17. The Morgan fingerprint density at radius 1 is 1.05 bits per heavy atom. The number of hydrogen-bond donors (Lipinski definition) is 1. The average Bonchev–Trinajstić information content (AvgIpc) is 2.44. The molecule has 0 aliphatic carbocycles. The lowest BCUT2D eigenvalue weighted by Crippen LogP contribution is -2.39. The van der Waals surface area contributed by atoms with Crippen LogP contribution in [0.3, 0.4) is 0 Å². The van der Waals surface area contributed by atoms with Gasteiger partial charge in [0.15, 0.2) is 0 Å². The smallest absolute Gasteiger partial charge is 0.0342 e. The molecule has 1 N–H and O–H groups in total. The highest BCUT2D eigenvalue weighted by atomic mass is 15.1. The molecule has 1 fully saturated rings. The molecule has 0 spiro atoms. The summed E-state index contributed by atoms with van der Waals surface area (Å²) >= 11 is 0. The molecular formula is C17H28N2. The number of benzene rings is 1. The number of nitrogens with zero attached hydrogens (tertiary/aromatic N) is 1. The standard InChI is InChI=1S/C17H28N2/c1-3-5-15-6-8-16(9-7-15)18-17-10-13-19(12-4-2)14-11-17/h6-9,17-18H,3-5,10-14H2,1-2H3. The Morgan fingerprint density at radius 2 is 1.74 bits per heavy atom. The van der Waals surface area contributed by atoms with Gasteiger partial charge >= 0.3 is 0 Å². The number of anilines is 1. The van der Waals surface area contributed by atoms with Crippen LogP contribution in [0.1, 0.15) is 45.1 Å². The summed E-state index contributed by atoms with van der Waals surface area (Å²) in [5.41, 5.74) is 2.74. The molecule has 1 aliphatic heterocycles. The fourth-order valence-corrected chi connectivity index (χ4v) is 2.91. The Bertz CT molecular complexity index is 350. The second kappa shape index (κ2) is 7.54. The third kappa shape index (κ3) is 4.54. The highest BCUT2D eigenvalue weighted by Crippen LogP contribution is 2.17. The van der Waals surface area contributed by atoms with E-state index in [1.165, 1.54) is 63.0 Å². The molecule has 0 amide bonds. The minimum atomic E-state index is 0.658. The van der Waals surface area contributed by atoms with Crippen LogP contribution in [0.4, 0.5) is 5.69 Å². The molecule has 106 valence electrons. The topological polar surface area (TPSA) is 15.3 Å². The maximum Gasteiger partial charge on any atom is 0.0342 e. The van der Waals surface area contributed by atoms with Crippen LogP contribution in [0, 0.1) is 0 Å². The van der Waals surface area contributed by atoms with E-state index in [-0.39, 0.29) is 0 Å². The second-order valence-corrected chi connectivity index (χ2v) is 5.71. The highest BCUT2D eigenvalue weighted by molar-refractivity contribution is 5.45. The molecule has 1 heterocycles. The van der Waals surface area contributed by atoms with Crippen molar-refractivity contribution in [1.82, 2.24) is 4.90 Å². The number of rotatable bonds is 6. The van der Waals surface area contributed by atoms with Gasteiger partial charge in [0.05, 0.1) is 0 Å². The van der Waals surface area contributed by atoms with E-state index in [2.05, 4.69) is 48.3 Å². The van der Waals surface area contributed by atoms with Gasteiger partial charge in [0.25, 0.3) is 0 Å². The van der Waals surface area contributed by atoms with Gasteiger partial charge in [0, 0.05) is 24.8 Å². The molecule has 1 saturated heterocycles. The zero-order valence-corrected chi connectivity index (χ0v) is 12.5. The van der Waals surface area contributed by atoms with Crippen molar-refractivity contribution in [3.8, 4) is 0 Å². The lowest BCUT2D eigenvalue weighted by molar-refractivity contribution is 0.219. The maximum absolute atomic E-state index is 3.69. The Balaban J connectivity index is 1.78. The van der Waals surface area contributed by atoms with Crippen molar-refractivity contribution in [2.45, 2.75) is 52.0 Å². The van der Waals surface area contributed by atoms with Crippen molar-refractivity contribution >= 4 is 5.69 Å². The van der Waals surface area contributed by atoms with Crippen LogP contribution in [0.25, 0.3) is 0 Å². The van der Waals surface area contributed by atoms with Crippen LogP contribution in [0.5, 0.6) is 0 Å². The molecule has 2 rings (SSSR count). The fraction of sp³-hybridized carbons (Fsp3) is 0.647. The molecule has 0 unspecified atom stereocenters. The van der Waals surface area contributed by atoms with E-state index in [0.29, 0.717) is 6.04 Å². The molecule has 0 bridgehead atoms. The minimum Gasteiger partial charge on any atom is -0.382 e. The van der Waals surface area contributed by atoms with Crippen molar-refractivity contribution < 1.29 is 0 Å². The molecule has 1 aromatic carbocycles. The zero-order chi connectivity index (χ0) is 13.5. The van der Waals surface area contributed by atoms with Crippen LogP contribution >= 0.6 is 0 Å². The van der Waals surface area contributed by atoms with Crippen LogP contribution < -0.4 is 5.32 Å². The lowest BCUT2D eigenvalue weighted by Gasteiger charge is -2.32. The van der Waals surface area contributed by atoms with Crippen molar-refractivity contribution in [2.75, 3.05) is 25.0 Å². The van der Waals surface area contributed by atoms with E-state index in [1.807, 2.05) is 0 Å². The summed E-state index contributed by atoms with van der Waals surface area (Å²) in [4.78, 5) is 2.59. The quantitative estimate of drug-likeness (QED) is 0.834. The summed E-state index contributed by atoms with van der Waals surface area (Å²) in [6.07, 6.45) is 6.24. The molecule has 2 nitrogen and oxygen atoms in total. The van der Waals surface area contributed by atoms with Gasteiger partial charge in [-0.15, -0.1) is 0 Å². The lowest BCUT2D eigenvalue weighted by atomic mass is 10.0. The molecule has 2 heteroatoms. The largest absolute Gasteiger partial charge is 0.382 e. The van der Waals surface area contributed by atoms with Crippen molar-refractivity contribution in [3.63, 3.8) is 0 Å². The van der Waals surface area contributed by atoms with Gasteiger partial charge < -0.3 is 10.2 Å². The summed E-state index contributed by atoms with van der Waals surface area (Å²) in [5.74, 6) is 0. The Morgan fingerprint density at radius 3 is 2.32 bits per heavy atom. The molecule has 0 saturated carbocycles. The van der Waals surface area contributed by atoms with Gasteiger partial charge in [-0.25, -0.2) is 0 Å². The molecule has 0 aromatic heterocycles. The van der Waals surface area contributed by atoms with Gasteiger partial charge in [0.1, 0.15) is 0 Å². The Labute approximate surface area is 118 Å². The fourth-order valence-electron chi connectivity index (χ4n) is 2.91. The second-order valence-electron chi connectivity index (χ2n) is 5.71. The third-order valence-electron chi connectivity index (χ3n) is 3.99. The predicted molar refractivity (Wildman–Crippen MR) is 83.8 cm³/mol. The summed E-state index contributed by atoms with van der Waals surface area (Å²) in [6.45, 7) is 8.26. The van der Waals surface area contributed by atoms with Crippen LogP contribution in [-0.4, -0.2) is 30.6 Å². The number of likely N-dealkylation sites (tertiary alicyclic amines) is 1. The third-order valence-corrected chi connectivity index (χ3v) is 3.99. The van der Waals surface area contributed by atoms with E-state index in [1.54, 1.807) is 0 Å². The minimum absolute atomic E-state index is 0.658. The average molecular weight is 260 g/mol. The summed E-state index contributed by atoms with van der Waals surface area (Å²) in [7, 11) is 0. The maximum atomic E-state index is 3.69. The number of aryl methyl sites for hydroxylation is 1. The normalized spacial score (nSPS) is 17.6. The van der Waals surface area contributed by atoms with E-state index in [0.717, 1.165) is 0 Å². The van der Waals surface area contributed by atoms with Crippen molar-refractivity contribution in [1.29, 1.82) is 0 Å². The first-order valence-corrected chi connectivity index (χ1v) is 7.89. The van der Waals surface area contributed by atoms with Crippen LogP contribution in [0.15, 0.2) is 24.3 Å². The van der Waals surface area contributed by atoms with Gasteiger partial charge in [0.2, 0.25) is 0 Å². The monoisotopic (exact) mass is 260 g/mol. The molecule has 1 aromatic rings. The van der Waals surface area contributed by atoms with Gasteiger partial charge in [-0.1, -0.05) is 32.4 Å². The molecule has 19 heavy (non-hydrogen) atoms. The van der Waals surface area contributed by atoms with Gasteiger partial charge in [-0.05, 0) is 49.9 Å². The van der Waals surface area contributed by atoms with E-state index in [4.69, 9.17) is 0 Å². The molecule has 1 aliphatic rings. The Kier molecular flexibility index (Phi) is 5.71. The first-order chi connectivity index (χ1) is 9.31. The SMILES string of the molecule is CCCc1ccc(NC2CCN(CCC)CC2)cc1. The van der Waals surface area contributed by atoms with E-state index >= 15 is 0 Å². The molecular weight excluding hydrogens is 232 g/mol. The predicted octanol–water partition coefficient (Wildman–Crippen LogP) is 3.93. The van der Waals surface area contributed by atoms with E-state index < -0.39 is 0 Å². The van der Waals surface area contributed by atoms with Crippen molar-refractivity contribution in [3.05, 3.63) is 29.8 Å². The first kappa shape index (κ1) is 14.4. The zero-order valence-electron chi connectivity index (χ0n) is 12.5. The summed E-state index contributed by atoms with van der Waals surface area (Å²) < 4.78 is 0. The summed E-state index contributed by atoms with van der Waals surface area (Å²) in [5, 5.41) is 3.69. The molecule has 0 atom stereocenters. The van der Waals surface area contributed by atoms with Crippen LogP contribution in [-0.2, 0) is 6.42 Å². The van der Waals surface area contributed by atoms with Gasteiger partial charge in [-0.2, -0.15) is 0 Å². The number of hydrogen-bond acceptors (Lipinski definition) is 2. The number of nitrogens with one attached hydrogen (secondary N) is 1.